The van der Waals surface area contributed by atoms with E-state index in [9.17, 15) is 0 Å². The van der Waals surface area contributed by atoms with Crippen molar-refractivity contribution in [2.75, 3.05) is 0 Å². The maximum Gasteiger partial charge on any atom is 0.165 e. The molecule has 0 radical (unpaired) electrons. The van der Waals surface area contributed by atoms with Crippen molar-refractivity contribution in [3.8, 4) is 0 Å². The van der Waals surface area contributed by atoms with E-state index in [-0.39, 0.29) is 33.2 Å². The van der Waals surface area contributed by atoms with Gasteiger partial charge in [0.05, 0.1) is 24.3 Å². The van der Waals surface area contributed by atoms with E-state index in [2.05, 4.69) is 117 Å². The van der Waals surface area contributed by atoms with E-state index >= 15 is 0 Å². The first-order chi connectivity index (χ1) is 15.5. The van der Waals surface area contributed by atoms with Crippen molar-refractivity contribution in [1.82, 2.24) is 0 Å². The van der Waals surface area contributed by atoms with Crippen LogP contribution in [0.2, 0.25) is 39.3 Å². The van der Waals surface area contributed by atoms with Crippen molar-refractivity contribution in [2.24, 2.45) is 5.92 Å². The van der Waals surface area contributed by atoms with Crippen LogP contribution in [-0.2, 0) is 54.3 Å². The van der Waals surface area contributed by atoms with Crippen LogP contribution < -0.4 is 0 Å². The summed E-state index contributed by atoms with van der Waals surface area (Å²) in [5, 5.41) is 0. The monoisotopic (exact) mass is 697 g/mol. The third-order valence-corrected chi connectivity index (χ3v) is 20.7. The minimum Gasteiger partial charge on any atom is -0.545 e. The Morgan fingerprint density at radius 3 is 1.38 bits per heavy atom. The molecular formula is C23H38O7PSi2W-5. The molecule has 0 N–H and O–H groups in total. The van der Waals surface area contributed by atoms with E-state index in [1.807, 2.05) is 0 Å². The predicted molar refractivity (Wildman–Crippen MR) is 141 cm³/mol. The molecular weight excluding hydrogens is 659 g/mol. The second-order valence-electron chi connectivity index (χ2n) is 9.11. The summed E-state index contributed by atoms with van der Waals surface area (Å²) in [6.07, 6.45) is -0.0542. The van der Waals surface area contributed by atoms with Crippen LogP contribution in [0, 0.1) is 5.92 Å². The number of ether oxygens (including phenoxy) is 1. The van der Waals surface area contributed by atoms with E-state index < -0.39 is 24.3 Å². The molecule has 1 heterocycles. The Bertz CT molecular complexity index is 576. The zero-order valence-electron chi connectivity index (χ0n) is 21.3. The average Bonchev–Trinajstić information content (AvgIpc) is 3.24. The standard InChI is InChI=1S/C18H33O2PSi2.5CHO.W/c1-14(2)16-19-17(15-12-10-9-11-13-15)21(20-16)18(22(3,4)5)23(6,7)8;5*1-2;/h9-14,16-18H,1-8H3;5*1H;/q;5*-1;. The Morgan fingerprint density at radius 2 is 1.09 bits per heavy atom. The average molecular weight is 698 g/mol. The summed E-state index contributed by atoms with van der Waals surface area (Å²) in [6.45, 7) is 35.7. The molecule has 1 aliphatic rings. The van der Waals surface area contributed by atoms with Gasteiger partial charge in [-0.1, -0.05) is 83.5 Å². The van der Waals surface area contributed by atoms with Crippen molar-refractivity contribution in [3.63, 3.8) is 0 Å². The summed E-state index contributed by atoms with van der Waals surface area (Å²) in [4.78, 5) is 39.5. The molecule has 1 saturated heterocycles. The first-order valence-electron chi connectivity index (χ1n) is 9.85. The van der Waals surface area contributed by atoms with Gasteiger partial charge >= 0.3 is 0 Å². The number of rotatable bonds is 5. The summed E-state index contributed by atoms with van der Waals surface area (Å²) in [6, 6.07) is 10.7. The molecule has 1 fully saturated rings. The van der Waals surface area contributed by atoms with E-state index in [4.69, 9.17) is 33.2 Å². The molecule has 34 heavy (non-hydrogen) atoms. The molecule has 11 heteroatoms. The van der Waals surface area contributed by atoms with Gasteiger partial charge in [-0.2, -0.15) is 0 Å². The maximum absolute atomic E-state index is 7.75. The van der Waals surface area contributed by atoms with Gasteiger partial charge < -0.3 is 33.2 Å². The van der Waals surface area contributed by atoms with Gasteiger partial charge in [-0.15, -0.1) is 0 Å². The Hall–Kier alpha value is -0.958. The van der Waals surface area contributed by atoms with Crippen LogP contribution in [0.25, 0.3) is 0 Å². The maximum atomic E-state index is 7.75. The predicted octanol–water partition coefficient (Wildman–Crippen LogP) is 4.86. The second kappa shape index (κ2) is 23.8. The van der Waals surface area contributed by atoms with Gasteiger partial charge in [0.25, 0.3) is 0 Å². The summed E-state index contributed by atoms with van der Waals surface area (Å²) in [5.41, 5.74) is 1.29. The molecule has 0 bridgehead atoms. The van der Waals surface area contributed by atoms with E-state index in [1.54, 1.807) is 0 Å². The van der Waals surface area contributed by atoms with Gasteiger partial charge in [-0.3, -0.25) is 33.9 Å². The van der Waals surface area contributed by atoms with Crippen LogP contribution >= 0.6 is 8.15 Å². The van der Waals surface area contributed by atoms with E-state index in [1.165, 1.54) is 5.56 Å². The molecule has 196 valence electrons. The molecule has 7 nitrogen and oxygen atoms in total. The minimum absolute atomic E-state index is 0. The topological polar surface area (TPSA) is 104 Å². The Balaban J connectivity index is -0.000000226. The second-order valence-corrected chi connectivity index (χ2v) is 23.2. The van der Waals surface area contributed by atoms with Crippen molar-refractivity contribution >= 4 is 58.2 Å². The Kier molecular flexibility index (Phi) is 30.2. The van der Waals surface area contributed by atoms with E-state index in [0.717, 1.165) is 4.91 Å². The van der Waals surface area contributed by atoms with Crippen LogP contribution in [-0.4, -0.2) is 61.3 Å². The molecule has 0 aliphatic carbocycles. The first kappa shape index (κ1) is 43.1. The Morgan fingerprint density at radius 1 is 0.735 bits per heavy atom. The number of benzene rings is 1. The molecule has 0 aromatic heterocycles. The number of hydrogen-bond donors (Lipinski definition) is 0. The smallest absolute Gasteiger partial charge is 0.165 e. The largest absolute Gasteiger partial charge is 0.545 e. The summed E-state index contributed by atoms with van der Waals surface area (Å²) in [7, 11) is -3.28. The first-order valence-corrected chi connectivity index (χ1v) is 18.4. The number of hydrogen-bond acceptors (Lipinski definition) is 7. The van der Waals surface area contributed by atoms with Gasteiger partial charge in [0.2, 0.25) is 0 Å². The Labute approximate surface area is 223 Å². The van der Waals surface area contributed by atoms with Crippen molar-refractivity contribution in [1.29, 1.82) is 0 Å². The fourth-order valence-electron chi connectivity index (χ4n) is 3.77. The quantitative estimate of drug-likeness (QED) is 0.188. The fraction of sp³-hybridized carbons (Fsp3) is 0.522. The van der Waals surface area contributed by atoms with Crippen LogP contribution in [0.4, 0.5) is 0 Å². The van der Waals surface area contributed by atoms with Gasteiger partial charge in [0.1, 0.15) is 5.85 Å². The molecule has 0 spiro atoms. The fourth-order valence-corrected chi connectivity index (χ4v) is 23.2. The van der Waals surface area contributed by atoms with Crippen LogP contribution in [0.3, 0.4) is 0 Å². The van der Waals surface area contributed by atoms with Gasteiger partial charge in [0.15, 0.2) is 6.29 Å². The van der Waals surface area contributed by atoms with E-state index in [0.29, 0.717) is 5.92 Å². The minimum atomic E-state index is -1.34. The van der Waals surface area contributed by atoms with Crippen molar-refractivity contribution in [2.45, 2.75) is 70.2 Å². The van der Waals surface area contributed by atoms with Crippen molar-refractivity contribution < 1.29 is 54.3 Å². The van der Waals surface area contributed by atoms with Crippen LogP contribution in [0.15, 0.2) is 30.3 Å². The van der Waals surface area contributed by atoms with Gasteiger partial charge in [-0.25, -0.2) is 0 Å². The summed E-state index contributed by atoms with van der Waals surface area (Å²) in [5.74, 6) is 0.541. The van der Waals surface area contributed by atoms with Crippen LogP contribution in [0.5, 0.6) is 0 Å². The molecule has 1 aromatic carbocycles. The van der Waals surface area contributed by atoms with Gasteiger partial charge in [-0.05, 0) is 10.5 Å². The SMILES string of the molecule is CC(C)C1OC(c2ccccc2)P(C([Si](C)(C)C)[Si](C)(C)C)O1.[CH-]=O.[CH-]=O.[CH-]=O.[CH-]=O.[CH-]=O.[W]. The third-order valence-electron chi connectivity index (χ3n) is 4.24. The zero-order chi connectivity index (χ0) is 27.4. The van der Waals surface area contributed by atoms with Crippen LogP contribution in [0.1, 0.15) is 25.3 Å². The molecule has 3 unspecified atom stereocenters. The van der Waals surface area contributed by atoms with Gasteiger partial charge in [0, 0.05) is 27.0 Å². The molecule has 0 saturated carbocycles. The molecule has 0 amide bonds. The molecule has 1 aromatic rings. The molecule has 1 aliphatic heterocycles. The third kappa shape index (κ3) is 15.1. The zero-order valence-corrected chi connectivity index (χ0v) is 27.1. The molecule has 2 rings (SSSR count). The number of carbonyl (C=O) groups excluding carboxylic acids is 5. The summed E-state index contributed by atoms with van der Waals surface area (Å²) < 4.78 is 13.1. The molecule has 3 atom stereocenters. The summed E-state index contributed by atoms with van der Waals surface area (Å²) >= 11 is 0. The van der Waals surface area contributed by atoms with Crippen molar-refractivity contribution in [3.05, 3.63) is 35.9 Å². The normalized spacial score (nSPS) is 18.4.